The number of anilines is 1. The van der Waals surface area contributed by atoms with Crippen LogP contribution in [0.3, 0.4) is 0 Å². The van der Waals surface area contributed by atoms with Crippen molar-refractivity contribution in [2.24, 2.45) is 0 Å². The number of hydrogen-bond acceptors (Lipinski definition) is 1. The Balaban J connectivity index is 0.000000591. The molecule has 1 aromatic carbocycles. The van der Waals surface area contributed by atoms with Gasteiger partial charge in [0.15, 0.2) is 0 Å². The SMILES string of the molecule is C=C(C)C.C=CC1=C(CC)Nc2ccccc2C1(C)C.CCC. The topological polar surface area (TPSA) is 12.0 Å². The normalized spacial score (nSPS) is 14.2. The smallest absolute Gasteiger partial charge is 0.0423 e. The molecular formula is C22H35N. The first-order valence-electron chi connectivity index (χ1n) is 8.60. The van der Waals surface area contributed by atoms with Crippen molar-refractivity contribution in [2.45, 2.75) is 66.7 Å². The monoisotopic (exact) mass is 313 g/mol. The van der Waals surface area contributed by atoms with Gasteiger partial charge in [-0.2, -0.15) is 0 Å². The van der Waals surface area contributed by atoms with Crippen LogP contribution in [0.4, 0.5) is 5.69 Å². The maximum atomic E-state index is 3.95. The summed E-state index contributed by atoms with van der Waals surface area (Å²) in [4.78, 5) is 0. The van der Waals surface area contributed by atoms with Crippen LogP contribution < -0.4 is 5.32 Å². The lowest BCUT2D eigenvalue weighted by molar-refractivity contribution is 0.622. The Kier molecular flexibility index (Phi) is 9.32. The number of benzene rings is 1. The van der Waals surface area contributed by atoms with Crippen LogP contribution in [-0.4, -0.2) is 0 Å². The third kappa shape index (κ3) is 6.09. The van der Waals surface area contributed by atoms with E-state index in [4.69, 9.17) is 0 Å². The third-order valence-corrected chi connectivity index (χ3v) is 3.44. The van der Waals surface area contributed by atoms with Crippen LogP contribution in [0.15, 0.2) is 60.3 Å². The molecule has 1 aromatic rings. The van der Waals surface area contributed by atoms with Gasteiger partial charge in [-0.15, -0.1) is 6.58 Å². The molecule has 23 heavy (non-hydrogen) atoms. The van der Waals surface area contributed by atoms with Crippen molar-refractivity contribution in [2.75, 3.05) is 5.32 Å². The van der Waals surface area contributed by atoms with Crippen LogP contribution in [0.5, 0.6) is 0 Å². The van der Waals surface area contributed by atoms with Crippen LogP contribution in [0.25, 0.3) is 0 Å². The van der Waals surface area contributed by atoms with Gasteiger partial charge in [0.1, 0.15) is 0 Å². The molecule has 0 fully saturated rings. The zero-order chi connectivity index (χ0) is 18.0. The highest BCUT2D eigenvalue weighted by atomic mass is 14.9. The first-order valence-corrected chi connectivity index (χ1v) is 8.60. The van der Waals surface area contributed by atoms with E-state index < -0.39 is 0 Å². The van der Waals surface area contributed by atoms with Gasteiger partial charge in [-0.05, 0) is 37.5 Å². The van der Waals surface area contributed by atoms with E-state index in [0.29, 0.717) is 0 Å². The van der Waals surface area contributed by atoms with Gasteiger partial charge < -0.3 is 5.32 Å². The second-order valence-corrected chi connectivity index (χ2v) is 6.66. The minimum absolute atomic E-state index is 0.0505. The molecule has 2 rings (SSSR count). The van der Waals surface area contributed by atoms with E-state index in [1.807, 2.05) is 19.9 Å². The Morgan fingerprint density at radius 3 is 2.04 bits per heavy atom. The van der Waals surface area contributed by atoms with E-state index in [1.54, 1.807) is 0 Å². The summed E-state index contributed by atoms with van der Waals surface area (Å²) in [5.41, 5.74) is 6.40. The summed E-state index contributed by atoms with van der Waals surface area (Å²) in [6, 6.07) is 8.51. The number of para-hydroxylation sites is 1. The lowest BCUT2D eigenvalue weighted by Crippen LogP contribution is -2.28. The zero-order valence-corrected chi connectivity index (χ0v) is 16.2. The largest absolute Gasteiger partial charge is 0.358 e. The lowest BCUT2D eigenvalue weighted by atomic mass is 9.73. The number of rotatable bonds is 2. The highest BCUT2D eigenvalue weighted by Crippen LogP contribution is 2.42. The van der Waals surface area contributed by atoms with Crippen molar-refractivity contribution in [3.8, 4) is 0 Å². The van der Waals surface area contributed by atoms with Gasteiger partial charge in [-0.25, -0.2) is 0 Å². The Morgan fingerprint density at radius 1 is 1.13 bits per heavy atom. The second kappa shape index (κ2) is 10.1. The zero-order valence-electron chi connectivity index (χ0n) is 16.2. The van der Waals surface area contributed by atoms with Crippen molar-refractivity contribution < 1.29 is 0 Å². The number of hydrogen-bond donors (Lipinski definition) is 1. The van der Waals surface area contributed by atoms with E-state index >= 15 is 0 Å². The molecule has 0 radical (unpaired) electrons. The molecule has 0 saturated carbocycles. The molecular weight excluding hydrogens is 278 g/mol. The molecule has 0 unspecified atom stereocenters. The molecule has 1 aliphatic rings. The molecule has 0 atom stereocenters. The van der Waals surface area contributed by atoms with Crippen molar-refractivity contribution in [1.29, 1.82) is 0 Å². The third-order valence-electron chi connectivity index (χ3n) is 3.44. The van der Waals surface area contributed by atoms with E-state index in [2.05, 4.69) is 77.4 Å². The Bertz CT molecular complexity index is 543. The van der Waals surface area contributed by atoms with Crippen molar-refractivity contribution in [3.63, 3.8) is 0 Å². The van der Waals surface area contributed by atoms with E-state index in [1.165, 1.54) is 34.5 Å². The average molecular weight is 314 g/mol. The van der Waals surface area contributed by atoms with E-state index in [0.717, 1.165) is 6.42 Å². The number of fused-ring (bicyclic) bond motifs is 1. The van der Waals surface area contributed by atoms with Gasteiger partial charge in [0.2, 0.25) is 0 Å². The molecule has 1 heterocycles. The second-order valence-electron chi connectivity index (χ2n) is 6.66. The average Bonchev–Trinajstić information content (AvgIpc) is 2.47. The highest BCUT2D eigenvalue weighted by Gasteiger charge is 2.32. The predicted molar refractivity (Wildman–Crippen MR) is 107 cm³/mol. The van der Waals surface area contributed by atoms with Crippen molar-refractivity contribution >= 4 is 5.69 Å². The van der Waals surface area contributed by atoms with E-state index in [9.17, 15) is 0 Å². The molecule has 0 bridgehead atoms. The summed E-state index contributed by atoms with van der Waals surface area (Å²) in [6.45, 7) is 22.4. The van der Waals surface area contributed by atoms with Crippen molar-refractivity contribution in [3.05, 3.63) is 65.9 Å². The Morgan fingerprint density at radius 2 is 1.61 bits per heavy atom. The van der Waals surface area contributed by atoms with Gasteiger partial charge in [0.25, 0.3) is 0 Å². The summed E-state index contributed by atoms with van der Waals surface area (Å²) >= 11 is 0. The molecule has 1 N–H and O–H groups in total. The quantitative estimate of drug-likeness (QED) is 0.567. The Hall–Kier alpha value is -1.76. The molecule has 128 valence electrons. The minimum atomic E-state index is 0.0505. The van der Waals surface area contributed by atoms with Gasteiger partial charge in [-0.1, -0.05) is 77.5 Å². The van der Waals surface area contributed by atoms with Crippen molar-refractivity contribution in [1.82, 2.24) is 0 Å². The number of nitrogens with one attached hydrogen (secondary N) is 1. The molecule has 1 heteroatoms. The maximum Gasteiger partial charge on any atom is 0.0423 e. The van der Waals surface area contributed by atoms with Gasteiger partial charge in [0.05, 0.1) is 0 Å². The fourth-order valence-electron chi connectivity index (χ4n) is 2.55. The summed E-state index contributed by atoms with van der Waals surface area (Å²) in [7, 11) is 0. The molecule has 0 spiro atoms. The molecule has 0 saturated heterocycles. The molecule has 0 aliphatic carbocycles. The molecule has 1 nitrogen and oxygen atoms in total. The molecule has 0 aromatic heterocycles. The summed E-state index contributed by atoms with van der Waals surface area (Å²) in [6.07, 6.45) is 4.25. The van der Waals surface area contributed by atoms with Gasteiger partial charge in [-0.3, -0.25) is 0 Å². The summed E-state index contributed by atoms with van der Waals surface area (Å²) in [5.74, 6) is 0. The molecule has 0 amide bonds. The highest BCUT2D eigenvalue weighted by molar-refractivity contribution is 5.66. The van der Waals surface area contributed by atoms with Crippen LogP contribution in [0.2, 0.25) is 0 Å². The standard InChI is InChI=1S/C15H19N.C4H8.C3H8/c1-5-11-13(6-2)16-14-10-8-7-9-12(14)15(11,3)4;1-4(2)3;1-3-2/h5,7-10,16H,1,6H2,2-4H3;1H2,2-3H3;3H2,1-2H3. The van der Waals surface area contributed by atoms with Gasteiger partial charge >= 0.3 is 0 Å². The first kappa shape index (κ1) is 21.2. The minimum Gasteiger partial charge on any atom is -0.358 e. The lowest BCUT2D eigenvalue weighted by Gasteiger charge is -2.36. The summed E-state index contributed by atoms with van der Waals surface area (Å²) in [5, 5.41) is 3.51. The number of allylic oxidation sites excluding steroid dienone is 4. The summed E-state index contributed by atoms with van der Waals surface area (Å²) < 4.78 is 0. The fourth-order valence-corrected chi connectivity index (χ4v) is 2.55. The van der Waals surface area contributed by atoms with Gasteiger partial charge in [0, 0.05) is 16.8 Å². The Labute approximate surface area is 144 Å². The maximum absolute atomic E-state index is 3.95. The predicted octanol–water partition coefficient (Wildman–Crippen LogP) is 7.24. The first-order chi connectivity index (χ1) is 10.8. The van der Waals surface area contributed by atoms with Crippen LogP contribution in [0.1, 0.15) is 66.9 Å². The molecule has 1 aliphatic heterocycles. The van der Waals surface area contributed by atoms with Crippen LogP contribution in [-0.2, 0) is 5.41 Å². The van der Waals surface area contributed by atoms with Crippen LogP contribution in [0, 0.1) is 0 Å². The van der Waals surface area contributed by atoms with E-state index in [-0.39, 0.29) is 5.41 Å². The fraction of sp³-hybridized carbons (Fsp3) is 0.455. The van der Waals surface area contributed by atoms with Crippen LogP contribution >= 0.6 is 0 Å².